The van der Waals surface area contributed by atoms with Crippen molar-refractivity contribution in [2.45, 2.75) is 27.2 Å². The van der Waals surface area contributed by atoms with E-state index < -0.39 is 0 Å². The van der Waals surface area contributed by atoms with Crippen LogP contribution in [0.4, 0.5) is 0 Å². The maximum Gasteiger partial charge on any atom is 0.123 e. The number of rotatable bonds is 1. The van der Waals surface area contributed by atoms with Crippen LogP contribution >= 0.6 is 0 Å². The van der Waals surface area contributed by atoms with Gasteiger partial charge in [-0.3, -0.25) is 0 Å². The van der Waals surface area contributed by atoms with E-state index in [2.05, 4.69) is 49.2 Å². The number of nitrogens with zero attached hydrogens (tertiary/aromatic N) is 2. The van der Waals surface area contributed by atoms with Crippen molar-refractivity contribution in [1.29, 1.82) is 0 Å². The molecule has 0 amide bonds. The van der Waals surface area contributed by atoms with Crippen LogP contribution in [0.5, 0.6) is 0 Å². The number of nitrogens with two attached hydrogens (primary N) is 1. The van der Waals surface area contributed by atoms with E-state index in [0.29, 0.717) is 11.8 Å². The molecule has 1 aliphatic heterocycles. The summed E-state index contributed by atoms with van der Waals surface area (Å²) in [7, 11) is 0. The first kappa shape index (κ1) is 10.9. The highest BCUT2D eigenvalue weighted by molar-refractivity contribution is 6.05. The number of benzene rings is 1. The van der Waals surface area contributed by atoms with Crippen LogP contribution in [0.1, 0.15) is 30.0 Å². The number of aryl methyl sites for hydroxylation is 2. The Labute approximate surface area is 96.1 Å². The van der Waals surface area contributed by atoms with Crippen molar-refractivity contribution in [3.05, 3.63) is 34.9 Å². The Morgan fingerprint density at radius 2 is 1.75 bits per heavy atom. The molecule has 16 heavy (non-hydrogen) atoms. The quantitative estimate of drug-likeness (QED) is 0.768. The highest BCUT2D eigenvalue weighted by Crippen LogP contribution is 2.19. The molecule has 2 N–H and O–H groups in total. The molecule has 0 saturated heterocycles. The Hall–Kier alpha value is -1.64. The Morgan fingerprint density at radius 1 is 1.12 bits per heavy atom. The summed E-state index contributed by atoms with van der Waals surface area (Å²) in [4.78, 5) is 0. The van der Waals surface area contributed by atoms with Crippen molar-refractivity contribution < 1.29 is 0 Å². The summed E-state index contributed by atoms with van der Waals surface area (Å²) in [5.74, 6) is 0.972. The van der Waals surface area contributed by atoms with Crippen LogP contribution in [-0.2, 0) is 0 Å². The van der Waals surface area contributed by atoms with E-state index in [1.165, 1.54) is 16.7 Å². The van der Waals surface area contributed by atoms with Gasteiger partial charge in [0.25, 0.3) is 0 Å². The van der Waals surface area contributed by atoms with Crippen molar-refractivity contribution in [3.63, 3.8) is 0 Å². The van der Waals surface area contributed by atoms with Gasteiger partial charge in [0.2, 0.25) is 0 Å². The van der Waals surface area contributed by atoms with Crippen molar-refractivity contribution >= 4 is 11.5 Å². The molecule has 0 spiro atoms. The van der Waals surface area contributed by atoms with E-state index in [4.69, 9.17) is 5.73 Å². The molecule has 2 rings (SSSR count). The third-order valence-electron chi connectivity index (χ3n) is 2.79. The lowest BCUT2D eigenvalue weighted by Gasteiger charge is -2.18. The molecule has 1 atom stereocenters. The summed E-state index contributed by atoms with van der Waals surface area (Å²) < 4.78 is 0. The number of hydrogen-bond donors (Lipinski definition) is 1. The zero-order chi connectivity index (χ0) is 11.7. The summed E-state index contributed by atoms with van der Waals surface area (Å²) in [6, 6.07) is 6.47. The highest BCUT2D eigenvalue weighted by atomic mass is 15.2. The van der Waals surface area contributed by atoms with Gasteiger partial charge in [0.1, 0.15) is 5.84 Å². The third kappa shape index (κ3) is 2.13. The number of amidine groups is 1. The summed E-state index contributed by atoms with van der Waals surface area (Å²) in [6.07, 6.45) is 0.797. The maximum absolute atomic E-state index is 5.67. The normalized spacial score (nSPS) is 20.3. The van der Waals surface area contributed by atoms with Gasteiger partial charge in [0, 0.05) is 12.3 Å². The van der Waals surface area contributed by atoms with E-state index in [9.17, 15) is 0 Å². The fourth-order valence-electron chi connectivity index (χ4n) is 2.13. The zero-order valence-electron chi connectivity index (χ0n) is 9.99. The molecule has 1 unspecified atom stereocenters. The van der Waals surface area contributed by atoms with E-state index in [1.807, 2.05) is 0 Å². The van der Waals surface area contributed by atoms with E-state index >= 15 is 0 Å². The van der Waals surface area contributed by atoms with E-state index in [1.54, 1.807) is 0 Å². The van der Waals surface area contributed by atoms with Crippen LogP contribution in [0.25, 0.3) is 0 Å². The van der Waals surface area contributed by atoms with Crippen LogP contribution in [-0.4, -0.2) is 11.5 Å². The topological polar surface area (TPSA) is 50.7 Å². The average molecular weight is 215 g/mol. The second kappa shape index (κ2) is 4.08. The Kier molecular flexibility index (Phi) is 2.77. The van der Waals surface area contributed by atoms with E-state index in [-0.39, 0.29) is 0 Å². The molecule has 0 fully saturated rings. The van der Waals surface area contributed by atoms with Crippen LogP contribution in [0.15, 0.2) is 28.4 Å². The van der Waals surface area contributed by atoms with Gasteiger partial charge in [-0.1, -0.05) is 36.2 Å². The maximum atomic E-state index is 5.67. The molecule has 0 saturated carbocycles. The van der Waals surface area contributed by atoms with Gasteiger partial charge in [-0.2, -0.15) is 5.10 Å². The van der Waals surface area contributed by atoms with Crippen molar-refractivity contribution in [1.82, 2.24) is 0 Å². The average Bonchev–Trinajstić information content (AvgIpc) is 2.15. The molecule has 1 aromatic carbocycles. The lowest BCUT2D eigenvalue weighted by atomic mass is 9.92. The fourth-order valence-corrected chi connectivity index (χ4v) is 2.13. The largest absolute Gasteiger partial charge is 0.386 e. The van der Waals surface area contributed by atoms with Crippen LogP contribution in [0, 0.1) is 19.8 Å². The molecule has 3 heteroatoms. The van der Waals surface area contributed by atoms with Crippen LogP contribution < -0.4 is 5.73 Å². The van der Waals surface area contributed by atoms with Gasteiger partial charge >= 0.3 is 0 Å². The predicted octanol–water partition coefficient (Wildman–Crippen LogP) is 2.40. The van der Waals surface area contributed by atoms with Crippen LogP contribution in [0.2, 0.25) is 0 Å². The van der Waals surface area contributed by atoms with Gasteiger partial charge in [0.15, 0.2) is 0 Å². The molecule has 3 nitrogen and oxygen atoms in total. The Morgan fingerprint density at radius 3 is 2.31 bits per heavy atom. The molecule has 0 bridgehead atoms. The smallest absolute Gasteiger partial charge is 0.123 e. The lowest BCUT2D eigenvalue weighted by molar-refractivity contribution is 0.783. The molecular weight excluding hydrogens is 198 g/mol. The summed E-state index contributed by atoms with van der Waals surface area (Å²) in [5.41, 5.74) is 10.4. The molecule has 0 aromatic heterocycles. The van der Waals surface area contributed by atoms with Gasteiger partial charge < -0.3 is 5.73 Å². The molecule has 1 heterocycles. The first-order valence-corrected chi connectivity index (χ1v) is 5.55. The monoisotopic (exact) mass is 215 g/mol. The van der Waals surface area contributed by atoms with Gasteiger partial charge in [0.05, 0.1) is 5.71 Å². The molecule has 1 aliphatic rings. The number of hydrogen-bond acceptors (Lipinski definition) is 3. The Balaban J connectivity index is 2.44. The fraction of sp³-hybridized carbons (Fsp3) is 0.385. The predicted molar refractivity (Wildman–Crippen MR) is 67.9 cm³/mol. The molecule has 0 aliphatic carbocycles. The standard InChI is InChI=1S/C13H17N3/c1-8-4-9(2)6-11(5-8)13-10(3)7-12(14)15-16-13/h4-6,10H,7H2,1-3H3,(H2,14,15). The first-order chi connectivity index (χ1) is 7.56. The molecule has 1 aromatic rings. The van der Waals surface area contributed by atoms with Gasteiger partial charge in [-0.05, 0) is 19.4 Å². The molecular formula is C13H17N3. The first-order valence-electron chi connectivity index (χ1n) is 5.55. The molecule has 84 valence electrons. The van der Waals surface area contributed by atoms with Crippen LogP contribution in [0.3, 0.4) is 0 Å². The highest BCUT2D eigenvalue weighted by Gasteiger charge is 2.18. The summed E-state index contributed by atoms with van der Waals surface area (Å²) >= 11 is 0. The third-order valence-corrected chi connectivity index (χ3v) is 2.79. The van der Waals surface area contributed by atoms with Crippen molar-refractivity contribution in [3.8, 4) is 0 Å². The summed E-state index contributed by atoms with van der Waals surface area (Å²) in [5, 5.41) is 8.20. The van der Waals surface area contributed by atoms with Gasteiger partial charge in [-0.25, -0.2) is 0 Å². The van der Waals surface area contributed by atoms with E-state index in [0.717, 1.165) is 12.1 Å². The lowest BCUT2D eigenvalue weighted by Crippen LogP contribution is -2.25. The van der Waals surface area contributed by atoms with Gasteiger partial charge in [-0.15, -0.1) is 5.10 Å². The minimum atomic E-state index is 0.346. The Bertz CT molecular complexity index is 452. The zero-order valence-corrected chi connectivity index (χ0v) is 9.99. The minimum absolute atomic E-state index is 0.346. The second-order valence-corrected chi connectivity index (χ2v) is 4.56. The minimum Gasteiger partial charge on any atom is -0.386 e. The van der Waals surface area contributed by atoms with Crippen molar-refractivity contribution in [2.75, 3.05) is 0 Å². The summed E-state index contributed by atoms with van der Waals surface area (Å²) in [6.45, 7) is 6.34. The SMILES string of the molecule is Cc1cc(C)cc(C2=NN=C(N)CC2C)c1. The second-order valence-electron chi connectivity index (χ2n) is 4.56. The molecule has 0 radical (unpaired) electrons. The van der Waals surface area contributed by atoms with Crippen molar-refractivity contribution in [2.24, 2.45) is 21.9 Å².